The van der Waals surface area contributed by atoms with E-state index in [1.165, 1.54) is 29.5 Å². The maximum atomic E-state index is 12.8. The highest BCUT2D eigenvalue weighted by molar-refractivity contribution is 6.30. The summed E-state index contributed by atoms with van der Waals surface area (Å²) in [5, 5.41) is 21.5. The summed E-state index contributed by atoms with van der Waals surface area (Å²) < 4.78 is 1.77. The molecule has 8 heteroatoms. The Kier molecular flexibility index (Phi) is 5.62. The van der Waals surface area contributed by atoms with Crippen molar-refractivity contribution in [3.63, 3.8) is 0 Å². The van der Waals surface area contributed by atoms with E-state index in [-0.39, 0.29) is 23.9 Å². The smallest absolute Gasteiger partial charge is 0.273 e. The Morgan fingerprint density at radius 3 is 2.81 bits per heavy atom. The average molecular weight is 501 g/mol. The summed E-state index contributed by atoms with van der Waals surface area (Å²) in [5.74, 6) is 0.00317. The van der Waals surface area contributed by atoms with Gasteiger partial charge in [-0.3, -0.25) is 4.79 Å². The fraction of sp³-hybridized carbons (Fsp3) is 0.429. The summed E-state index contributed by atoms with van der Waals surface area (Å²) in [5.41, 5.74) is 6.38. The van der Waals surface area contributed by atoms with E-state index in [2.05, 4.69) is 58.8 Å². The lowest BCUT2D eigenvalue weighted by Crippen LogP contribution is -2.43. The number of benzene rings is 2. The third-order valence-corrected chi connectivity index (χ3v) is 8.47. The van der Waals surface area contributed by atoms with Crippen molar-refractivity contribution in [1.29, 1.82) is 5.26 Å². The predicted octanol–water partition coefficient (Wildman–Crippen LogP) is 4.57. The van der Waals surface area contributed by atoms with Gasteiger partial charge in [-0.2, -0.15) is 5.26 Å². The van der Waals surface area contributed by atoms with Crippen molar-refractivity contribution in [2.24, 2.45) is 0 Å². The van der Waals surface area contributed by atoms with Crippen LogP contribution in [0.25, 0.3) is 0 Å². The van der Waals surface area contributed by atoms with E-state index in [0.29, 0.717) is 21.7 Å². The first-order valence-electron chi connectivity index (χ1n) is 12.6. The summed E-state index contributed by atoms with van der Waals surface area (Å²) >= 11 is 6.13. The van der Waals surface area contributed by atoms with Crippen molar-refractivity contribution in [2.45, 2.75) is 62.6 Å². The van der Waals surface area contributed by atoms with Crippen LogP contribution in [-0.2, 0) is 12.0 Å². The van der Waals surface area contributed by atoms with E-state index in [4.69, 9.17) is 11.6 Å². The molecule has 0 saturated heterocycles. The molecule has 1 spiro atoms. The lowest BCUT2D eigenvalue weighted by Gasteiger charge is -2.36. The lowest BCUT2D eigenvalue weighted by atomic mass is 9.74. The number of rotatable bonds is 5. The summed E-state index contributed by atoms with van der Waals surface area (Å²) in [4.78, 5) is 15.3. The van der Waals surface area contributed by atoms with Gasteiger partial charge in [0, 0.05) is 29.6 Å². The Morgan fingerprint density at radius 2 is 2.06 bits per heavy atom. The minimum atomic E-state index is -0.216. The van der Waals surface area contributed by atoms with Gasteiger partial charge in [0.05, 0.1) is 23.9 Å². The number of carbonyl (C=O) groups is 1. The molecule has 3 aliphatic rings. The van der Waals surface area contributed by atoms with Gasteiger partial charge in [-0.1, -0.05) is 35.0 Å². The molecule has 1 amide bonds. The van der Waals surface area contributed by atoms with Crippen molar-refractivity contribution in [2.75, 3.05) is 13.6 Å². The standard InChI is InChI=1S/C28H29ClN6O/c1-17(18-4-6-25-21(9-18)14-34(2)16-28(25)7-8-28)35-15-26(32-33-35)27(36)31-23-10-20(11-23)24-12-22(29)5-3-19(24)13-30/h3-6,9,12,15,17,20,23H,7-8,10-11,14,16H2,1-2H3,(H,31,36)/t17-,20-,23+/m1/s1. The van der Waals surface area contributed by atoms with Crippen LogP contribution in [0.2, 0.25) is 5.02 Å². The molecule has 3 aromatic rings. The van der Waals surface area contributed by atoms with E-state index in [1.807, 2.05) is 6.07 Å². The number of amides is 1. The molecule has 2 aliphatic carbocycles. The number of aromatic nitrogens is 3. The highest BCUT2D eigenvalue weighted by atomic mass is 35.5. The Hall–Kier alpha value is -3.21. The molecule has 1 N–H and O–H groups in total. The van der Waals surface area contributed by atoms with Crippen molar-refractivity contribution in [3.05, 3.63) is 81.1 Å². The summed E-state index contributed by atoms with van der Waals surface area (Å²) in [6.07, 6.45) is 5.84. The van der Waals surface area contributed by atoms with E-state index in [0.717, 1.165) is 31.5 Å². The zero-order valence-corrected chi connectivity index (χ0v) is 21.3. The van der Waals surface area contributed by atoms with Crippen molar-refractivity contribution >= 4 is 17.5 Å². The molecule has 36 heavy (non-hydrogen) atoms. The molecule has 184 valence electrons. The van der Waals surface area contributed by atoms with Crippen molar-refractivity contribution in [3.8, 4) is 6.07 Å². The maximum Gasteiger partial charge on any atom is 0.273 e. The summed E-state index contributed by atoms with van der Waals surface area (Å²) in [7, 11) is 2.20. The monoisotopic (exact) mass is 500 g/mol. The molecule has 1 atom stereocenters. The van der Waals surface area contributed by atoms with E-state index < -0.39 is 0 Å². The average Bonchev–Trinajstić information content (AvgIpc) is 3.41. The number of hydrogen-bond acceptors (Lipinski definition) is 5. The number of nitrogens with zero attached hydrogens (tertiary/aromatic N) is 5. The molecule has 2 saturated carbocycles. The second-order valence-electron chi connectivity index (χ2n) is 10.8. The fourth-order valence-electron chi connectivity index (χ4n) is 5.99. The zero-order valence-electron chi connectivity index (χ0n) is 20.5. The van der Waals surface area contributed by atoms with Crippen molar-refractivity contribution < 1.29 is 4.79 Å². The van der Waals surface area contributed by atoms with E-state index in [1.54, 1.807) is 23.0 Å². The number of nitriles is 1. The Bertz CT molecular complexity index is 1380. The van der Waals surface area contributed by atoms with Gasteiger partial charge in [-0.15, -0.1) is 5.10 Å². The molecular weight excluding hydrogens is 472 g/mol. The van der Waals surface area contributed by atoms with Gasteiger partial charge in [0.1, 0.15) is 0 Å². The van der Waals surface area contributed by atoms with Crippen LogP contribution in [-0.4, -0.2) is 45.4 Å². The van der Waals surface area contributed by atoms with Crippen LogP contribution in [0, 0.1) is 11.3 Å². The third kappa shape index (κ3) is 4.08. The van der Waals surface area contributed by atoms with Gasteiger partial charge in [-0.25, -0.2) is 4.68 Å². The molecule has 0 unspecified atom stereocenters. The Balaban J connectivity index is 1.10. The van der Waals surface area contributed by atoms with Gasteiger partial charge in [0.25, 0.3) is 5.91 Å². The number of likely N-dealkylation sites (N-methyl/N-ethyl adjacent to an activating group) is 1. The van der Waals surface area contributed by atoms with Crippen LogP contribution in [0.3, 0.4) is 0 Å². The molecule has 2 fully saturated rings. The van der Waals surface area contributed by atoms with Gasteiger partial charge in [0.2, 0.25) is 0 Å². The SMILES string of the molecule is C[C@H](c1ccc2c(c1)CN(C)CC21CC1)n1cc(C(=O)N[C@H]2C[C@@H](c3cc(Cl)ccc3C#N)C2)nn1. The fourth-order valence-corrected chi connectivity index (χ4v) is 6.17. The molecule has 0 bridgehead atoms. The van der Waals surface area contributed by atoms with E-state index >= 15 is 0 Å². The maximum absolute atomic E-state index is 12.8. The highest BCUT2D eigenvalue weighted by Crippen LogP contribution is 2.52. The molecule has 2 aromatic carbocycles. The largest absolute Gasteiger partial charge is 0.348 e. The van der Waals surface area contributed by atoms with Gasteiger partial charge in [0.15, 0.2) is 5.69 Å². The van der Waals surface area contributed by atoms with Crippen LogP contribution in [0.15, 0.2) is 42.6 Å². The second kappa shape index (κ2) is 8.72. The molecular formula is C28H29ClN6O. The van der Waals surface area contributed by atoms with Crippen molar-refractivity contribution in [1.82, 2.24) is 25.2 Å². The van der Waals surface area contributed by atoms with E-state index in [9.17, 15) is 10.1 Å². The lowest BCUT2D eigenvalue weighted by molar-refractivity contribution is 0.0903. The third-order valence-electron chi connectivity index (χ3n) is 8.24. The minimum Gasteiger partial charge on any atom is -0.348 e. The number of carbonyl (C=O) groups excluding carboxylic acids is 1. The minimum absolute atomic E-state index is 0.0212. The Morgan fingerprint density at radius 1 is 1.25 bits per heavy atom. The zero-order chi connectivity index (χ0) is 25.0. The normalized spacial score (nSPS) is 22.8. The number of fused-ring (bicyclic) bond motifs is 2. The predicted molar refractivity (Wildman–Crippen MR) is 137 cm³/mol. The van der Waals surface area contributed by atoms with Gasteiger partial charge in [-0.05, 0) is 86.0 Å². The highest BCUT2D eigenvalue weighted by Gasteiger charge is 2.48. The molecule has 6 rings (SSSR count). The first-order valence-corrected chi connectivity index (χ1v) is 13.0. The first kappa shape index (κ1) is 23.2. The van der Waals surface area contributed by atoms with Gasteiger partial charge < -0.3 is 10.2 Å². The summed E-state index contributed by atoms with van der Waals surface area (Å²) in [6, 6.07) is 14.4. The molecule has 1 aromatic heterocycles. The van der Waals surface area contributed by atoms with Crippen LogP contribution < -0.4 is 5.32 Å². The van der Waals surface area contributed by atoms with Crippen LogP contribution in [0.1, 0.15) is 82.9 Å². The van der Waals surface area contributed by atoms with Crippen LogP contribution >= 0.6 is 11.6 Å². The first-order chi connectivity index (χ1) is 17.3. The summed E-state index contributed by atoms with van der Waals surface area (Å²) in [6.45, 7) is 4.21. The number of hydrogen-bond donors (Lipinski definition) is 1. The topological polar surface area (TPSA) is 86.8 Å². The number of halogens is 1. The molecule has 7 nitrogen and oxygen atoms in total. The molecule has 2 heterocycles. The van der Waals surface area contributed by atoms with Gasteiger partial charge >= 0.3 is 0 Å². The molecule has 1 aliphatic heterocycles. The second-order valence-corrected chi connectivity index (χ2v) is 11.2. The van der Waals surface area contributed by atoms with Crippen LogP contribution in [0.4, 0.5) is 0 Å². The number of nitrogens with one attached hydrogen (secondary N) is 1. The quantitative estimate of drug-likeness (QED) is 0.554. The van der Waals surface area contributed by atoms with Crippen LogP contribution in [0.5, 0.6) is 0 Å². The Labute approximate surface area is 216 Å². The molecule has 0 radical (unpaired) electrons.